The number of amides is 3. The maximum absolute atomic E-state index is 12.9. The minimum atomic E-state index is -4.54. The second-order valence-electron chi connectivity index (χ2n) is 11.3. The largest absolute Gasteiger partial charge is 0.416 e. The third-order valence-electron chi connectivity index (χ3n) is 8.50. The van der Waals surface area contributed by atoms with Crippen molar-refractivity contribution >= 4 is 17.7 Å². The molecule has 2 N–H and O–H groups in total. The molecule has 3 heterocycles. The topological polar surface area (TPSA) is 94.6 Å². The van der Waals surface area contributed by atoms with Crippen molar-refractivity contribution < 1.29 is 27.6 Å². The number of carbonyl (C=O) groups excluding carboxylic acids is 3. The lowest BCUT2D eigenvalue weighted by molar-refractivity contribution is -0.137. The maximum Gasteiger partial charge on any atom is 0.416 e. The van der Waals surface area contributed by atoms with Crippen LogP contribution in [0, 0.1) is 0 Å². The van der Waals surface area contributed by atoms with Crippen LogP contribution in [0.3, 0.4) is 0 Å². The van der Waals surface area contributed by atoms with Crippen LogP contribution in [0.2, 0.25) is 0 Å². The average molecular weight is 572 g/mol. The quantitative estimate of drug-likeness (QED) is 0.525. The molecule has 0 spiro atoms. The molecule has 1 aromatic carbocycles. The molecule has 220 valence electrons. The first-order valence-corrected chi connectivity index (χ1v) is 14.4. The van der Waals surface area contributed by atoms with Gasteiger partial charge < -0.3 is 15.5 Å². The van der Waals surface area contributed by atoms with Crippen molar-refractivity contribution in [1.82, 2.24) is 25.4 Å². The van der Waals surface area contributed by atoms with Crippen molar-refractivity contribution in [1.29, 1.82) is 0 Å². The normalized spacial score (nSPS) is 23.4. The Morgan fingerprint density at radius 2 is 1.68 bits per heavy atom. The molecule has 3 aliphatic rings. The van der Waals surface area contributed by atoms with Crippen LogP contribution in [0.1, 0.15) is 82.8 Å². The van der Waals surface area contributed by atoms with Gasteiger partial charge in [0.25, 0.3) is 11.8 Å². The van der Waals surface area contributed by atoms with Gasteiger partial charge >= 0.3 is 6.18 Å². The van der Waals surface area contributed by atoms with Gasteiger partial charge in [0, 0.05) is 61.6 Å². The molecule has 1 unspecified atom stereocenters. The first kappa shape index (κ1) is 29.0. The number of benzene rings is 1. The fraction of sp³-hybridized carbons (Fsp3) is 0.533. The van der Waals surface area contributed by atoms with Crippen LogP contribution in [0.5, 0.6) is 0 Å². The predicted octanol–water partition coefficient (Wildman–Crippen LogP) is 3.98. The molecule has 11 heteroatoms. The summed E-state index contributed by atoms with van der Waals surface area (Å²) in [7, 11) is 0. The summed E-state index contributed by atoms with van der Waals surface area (Å²) in [5, 5.41) is 5.35. The van der Waals surface area contributed by atoms with Gasteiger partial charge in [-0.05, 0) is 75.3 Å². The number of hydrogen-bond acceptors (Lipinski definition) is 5. The molecule has 1 aliphatic carbocycles. The van der Waals surface area contributed by atoms with E-state index < -0.39 is 17.6 Å². The molecule has 0 radical (unpaired) electrons. The van der Waals surface area contributed by atoms with Gasteiger partial charge in [0.2, 0.25) is 5.91 Å². The van der Waals surface area contributed by atoms with Crippen LogP contribution in [-0.2, 0) is 11.0 Å². The summed E-state index contributed by atoms with van der Waals surface area (Å²) in [4.78, 5) is 46.2. The number of carbonyl (C=O) groups is 3. The third kappa shape index (κ3) is 7.25. The summed E-state index contributed by atoms with van der Waals surface area (Å²) in [5.41, 5.74) is 0.648. The van der Waals surface area contributed by atoms with E-state index in [0.717, 1.165) is 89.0 Å². The van der Waals surface area contributed by atoms with Crippen LogP contribution in [0.25, 0.3) is 0 Å². The average Bonchev–Trinajstić information content (AvgIpc) is 3.68. The van der Waals surface area contributed by atoms with E-state index in [9.17, 15) is 27.6 Å². The molecule has 0 bridgehead atoms. The first-order valence-electron chi connectivity index (χ1n) is 14.4. The number of likely N-dealkylation sites (tertiary alicyclic amines) is 2. The van der Waals surface area contributed by atoms with Gasteiger partial charge in [0.1, 0.15) is 0 Å². The highest BCUT2D eigenvalue weighted by atomic mass is 19.4. The van der Waals surface area contributed by atoms with Crippen LogP contribution in [0.4, 0.5) is 13.2 Å². The number of halogens is 3. The lowest BCUT2D eigenvalue weighted by atomic mass is 9.83. The fourth-order valence-corrected chi connectivity index (χ4v) is 6.23. The van der Waals surface area contributed by atoms with E-state index in [2.05, 4.69) is 20.5 Å². The number of nitrogens with one attached hydrogen (secondary N) is 2. The monoisotopic (exact) mass is 571 g/mol. The minimum Gasteiger partial charge on any atom is -0.350 e. The Hall–Kier alpha value is -3.47. The molecular weight excluding hydrogens is 535 g/mol. The molecule has 1 saturated carbocycles. The lowest BCUT2D eigenvalue weighted by Crippen LogP contribution is -2.44. The number of aromatic nitrogens is 1. The van der Waals surface area contributed by atoms with Crippen molar-refractivity contribution in [3.8, 4) is 0 Å². The predicted molar refractivity (Wildman–Crippen MR) is 146 cm³/mol. The van der Waals surface area contributed by atoms with Gasteiger partial charge in [-0.2, -0.15) is 13.2 Å². The maximum atomic E-state index is 12.9. The van der Waals surface area contributed by atoms with E-state index in [0.29, 0.717) is 17.5 Å². The van der Waals surface area contributed by atoms with Crippen LogP contribution in [0.15, 0.2) is 42.6 Å². The second kappa shape index (κ2) is 12.6. The Balaban J connectivity index is 1.03. The molecule has 5 rings (SSSR count). The molecule has 2 saturated heterocycles. The van der Waals surface area contributed by atoms with Gasteiger partial charge in [0.15, 0.2) is 0 Å². The summed E-state index contributed by atoms with van der Waals surface area (Å²) in [6.07, 6.45) is 4.23. The fourth-order valence-electron chi connectivity index (χ4n) is 6.23. The Labute approximate surface area is 237 Å². The highest BCUT2D eigenvalue weighted by Crippen LogP contribution is 2.35. The lowest BCUT2D eigenvalue weighted by Gasteiger charge is -2.34. The highest BCUT2D eigenvalue weighted by molar-refractivity contribution is 5.96. The Morgan fingerprint density at radius 1 is 0.927 bits per heavy atom. The first-order chi connectivity index (χ1) is 19.7. The van der Waals surface area contributed by atoms with Crippen LogP contribution in [-0.4, -0.2) is 77.3 Å². The molecule has 3 fully saturated rings. The molecule has 1 aromatic heterocycles. The van der Waals surface area contributed by atoms with Gasteiger partial charge in [-0.3, -0.25) is 24.3 Å². The van der Waals surface area contributed by atoms with Gasteiger partial charge in [-0.1, -0.05) is 6.07 Å². The number of alkyl halides is 3. The Morgan fingerprint density at radius 3 is 2.37 bits per heavy atom. The Kier molecular flexibility index (Phi) is 8.91. The second-order valence-corrected chi connectivity index (χ2v) is 11.3. The number of hydrogen-bond donors (Lipinski definition) is 2. The summed E-state index contributed by atoms with van der Waals surface area (Å²) in [6.45, 7) is 2.96. The van der Waals surface area contributed by atoms with Crippen molar-refractivity contribution in [2.75, 3.05) is 32.7 Å². The van der Waals surface area contributed by atoms with E-state index in [1.807, 2.05) is 17.0 Å². The summed E-state index contributed by atoms with van der Waals surface area (Å²) >= 11 is 0. The van der Waals surface area contributed by atoms with Crippen LogP contribution < -0.4 is 10.6 Å². The van der Waals surface area contributed by atoms with E-state index >= 15 is 0 Å². The van der Waals surface area contributed by atoms with Crippen molar-refractivity contribution in [2.45, 2.75) is 69.1 Å². The zero-order chi connectivity index (χ0) is 29.0. The minimum absolute atomic E-state index is 0.0342. The molecule has 2 aromatic rings. The van der Waals surface area contributed by atoms with E-state index in [1.165, 1.54) is 12.1 Å². The van der Waals surface area contributed by atoms with E-state index in [4.69, 9.17) is 0 Å². The number of rotatable bonds is 7. The van der Waals surface area contributed by atoms with Gasteiger partial charge in [0.05, 0.1) is 17.7 Å². The summed E-state index contributed by atoms with van der Waals surface area (Å²) < 4.78 is 38.7. The third-order valence-corrected chi connectivity index (χ3v) is 8.50. The smallest absolute Gasteiger partial charge is 0.350 e. The molecular formula is C30H36F3N5O3. The van der Waals surface area contributed by atoms with Crippen molar-refractivity contribution in [3.05, 3.63) is 65.0 Å². The number of pyridine rings is 1. The van der Waals surface area contributed by atoms with E-state index in [-0.39, 0.29) is 30.0 Å². The molecule has 41 heavy (non-hydrogen) atoms. The molecule has 1 atom stereocenters. The molecule has 8 nitrogen and oxygen atoms in total. The zero-order valence-electron chi connectivity index (χ0n) is 23.0. The zero-order valence-corrected chi connectivity index (χ0v) is 23.0. The van der Waals surface area contributed by atoms with E-state index in [1.54, 1.807) is 6.20 Å². The van der Waals surface area contributed by atoms with Gasteiger partial charge in [-0.15, -0.1) is 0 Å². The van der Waals surface area contributed by atoms with Crippen molar-refractivity contribution in [3.63, 3.8) is 0 Å². The SMILES string of the molecule is O=C(CNC(=O)c1cccc(C(F)(F)F)c1)NC1CCN(C2CCC(c3ccc(C(=O)N4CCCC4)cn3)CC2)C1. The van der Waals surface area contributed by atoms with Gasteiger partial charge in [-0.25, -0.2) is 0 Å². The molecule has 3 amide bonds. The van der Waals surface area contributed by atoms with Crippen molar-refractivity contribution in [2.24, 2.45) is 0 Å². The highest BCUT2D eigenvalue weighted by Gasteiger charge is 2.33. The summed E-state index contributed by atoms with van der Waals surface area (Å²) in [6, 6.07) is 8.44. The van der Waals surface area contributed by atoms with Crippen LogP contribution >= 0.6 is 0 Å². The molecule has 2 aliphatic heterocycles. The summed E-state index contributed by atoms with van der Waals surface area (Å²) in [5.74, 6) is -0.642. The number of nitrogens with zero attached hydrogens (tertiary/aromatic N) is 3. The Bertz CT molecular complexity index is 1240. The standard InChI is InChI=1S/C30H36F3N5O3/c31-30(32,33)23-5-3-4-21(16-23)28(40)35-18-27(39)36-24-12-15-38(19-24)25-9-6-20(7-10-25)26-11-8-22(17-34-26)29(41)37-13-1-2-14-37/h3-5,8,11,16-17,20,24-25H,1-2,6-7,9-10,12-15,18-19H2,(H,35,40)(H,36,39).